The Morgan fingerprint density at radius 3 is 2.88 bits per heavy atom. The summed E-state index contributed by atoms with van der Waals surface area (Å²) in [6.45, 7) is 3.63. The smallest absolute Gasteiger partial charge is 0.123 e. The lowest BCUT2D eigenvalue weighted by Gasteiger charge is -1.86. The molecule has 0 amide bonds. The Hall–Kier alpha value is -0.990. The van der Waals surface area contributed by atoms with E-state index in [9.17, 15) is 0 Å². The van der Waals surface area contributed by atoms with Crippen LogP contribution in [0.15, 0.2) is 6.33 Å². The molecule has 0 unspecified atom stereocenters. The predicted molar refractivity (Wildman–Crippen MR) is 32.1 cm³/mol. The molecule has 0 saturated carbocycles. The van der Waals surface area contributed by atoms with Crippen molar-refractivity contribution >= 4 is 5.82 Å². The number of nitrogen functional groups attached to an aromatic ring is 1. The van der Waals surface area contributed by atoms with Crippen LogP contribution in [0.2, 0.25) is 0 Å². The topological polar surface area (TPSA) is 54.7 Å². The van der Waals surface area contributed by atoms with Crippen LogP contribution < -0.4 is 5.73 Å². The SMILES string of the molecule is [CH2]Cc1nc[nH]c1N. The number of hydrogen-bond donors (Lipinski definition) is 2. The lowest BCUT2D eigenvalue weighted by atomic mass is 10.3. The van der Waals surface area contributed by atoms with Crippen molar-refractivity contribution in [3.8, 4) is 0 Å². The zero-order chi connectivity index (χ0) is 5.98. The first kappa shape index (κ1) is 5.15. The number of hydrogen-bond acceptors (Lipinski definition) is 2. The molecule has 0 bridgehead atoms. The second kappa shape index (κ2) is 1.86. The number of rotatable bonds is 1. The molecular formula is C5H8N3. The average molecular weight is 110 g/mol. The highest BCUT2D eigenvalue weighted by molar-refractivity contribution is 5.33. The van der Waals surface area contributed by atoms with Gasteiger partial charge in [-0.1, -0.05) is 0 Å². The Bertz CT molecular complexity index is 168. The zero-order valence-corrected chi connectivity index (χ0v) is 4.52. The molecule has 1 radical (unpaired) electrons. The van der Waals surface area contributed by atoms with Crippen molar-refractivity contribution in [2.45, 2.75) is 6.42 Å². The molecule has 0 aliphatic carbocycles. The maximum absolute atomic E-state index is 5.39. The summed E-state index contributed by atoms with van der Waals surface area (Å²) in [5.41, 5.74) is 6.23. The number of aromatic nitrogens is 2. The maximum atomic E-state index is 5.39. The van der Waals surface area contributed by atoms with Crippen molar-refractivity contribution in [3.63, 3.8) is 0 Å². The van der Waals surface area contributed by atoms with Gasteiger partial charge in [-0.15, -0.1) is 0 Å². The molecule has 1 heterocycles. The third-order valence-electron chi connectivity index (χ3n) is 0.988. The summed E-state index contributed by atoms with van der Waals surface area (Å²) < 4.78 is 0. The fourth-order valence-corrected chi connectivity index (χ4v) is 0.532. The highest BCUT2D eigenvalue weighted by atomic mass is 15.0. The normalized spacial score (nSPS) is 9.62. The fourth-order valence-electron chi connectivity index (χ4n) is 0.532. The van der Waals surface area contributed by atoms with Crippen LogP contribution in [-0.4, -0.2) is 9.97 Å². The number of H-pyrrole nitrogens is 1. The van der Waals surface area contributed by atoms with Gasteiger partial charge in [0, 0.05) is 0 Å². The van der Waals surface area contributed by atoms with Crippen LogP contribution in [0.3, 0.4) is 0 Å². The number of nitrogens with zero attached hydrogens (tertiary/aromatic N) is 1. The van der Waals surface area contributed by atoms with E-state index in [0.29, 0.717) is 12.2 Å². The second-order valence-electron chi connectivity index (χ2n) is 1.51. The monoisotopic (exact) mass is 110 g/mol. The Labute approximate surface area is 47.9 Å². The molecule has 0 fully saturated rings. The summed E-state index contributed by atoms with van der Waals surface area (Å²) in [4.78, 5) is 6.64. The number of aromatic amines is 1. The van der Waals surface area contributed by atoms with E-state index in [0.717, 1.165) is 5.69 Å². The fraction of sp³-hybridized carbons (Fsp3) is 0.200. The summed E-state index contributed by atoms with van der Waals surface area (Å²) in [7, 11) is 0. The molecule has 3 N–H and O–H groups in total. The van der Waals surface area contributed by atoms with Crippen molar-refractivity contribution in [2.75, 3.05) is 5.73 Å². The molecule has 0 saturated heterocycles. The first-order valence-electron chi connectivity index (χ1n) is 2.41. The highest BCUT2D eigenvalue weighted by Crippen LogP contribution is 2.02. The van der Waals surface area contributed by atoms with Gasteiger partial charge in [0.15, 0.2) is 0 Å². The first-order valence-corrected chi connectivity index (χ1v) is 2.41. The molecule has 8 heavy (non-hydrogen) atoms. The maximum Gasteiger partial charge on any atom is 0.123 e. The third kappa shape index (κ3) is 0.665. The van der Waals surface area contributed by atoms with E-state index in [1.54, 1.807) is 6.33 Å². The minimum absolute atomic E-state index is 0.625. The molecule has 3 nitrogen and oxygen atoms in total. The molecule has 0 aliphatic rings. The Balaban J connectivity index is 2.92. The van der Waals surface area contributed by atoms with Gasteiger partial charge in [0.1, 0.15) is 5.82 Å². The Kier molecular flexibility index (Phi) is 1.20. The standard InChI is InChI=1S/C5H8N3/c1-2-4-5(6)8-3-7-4/h3H,1-2,6H2,(H,7,8). The van der Waals surface area contributed by atoms with Crippen molar-refractivity contribution in [1.82, 2.24) is 9.97 Å². The highest BCUT2D eigenvalue weighted by Gasteiger charge is 1.94. The molecule has 3 heteroatoms. The largest absolute Gasteiger partial charge is 0.384 e. The van der Waals surface area contributed by atoms with Gasteiger partial charge in [0.25, 0.3) is 0 Å². The Morgan fingerprint density at radius 2 is 2.62 bits per heavy atom. The van der Waals surface area contributed by atoms with E-state index in [1.807, 2.05) is 0 Å². The van der Waals surface area contributed by atoms with Crippen LogP contribution in [0.4, 0.5) is 5.82 Å². The number of anilines is 1. The summed E-state index contributed by atoms with van der Waals surface area (Å²) in [6.07, 6.45) is 2.21. The van der Waals surface area contributed by atoms with Crippen molar-refractivity contribution in [3.05, 3.63) is 18.9 Å². The van der Waals surface area contributed by atoms with Gasteiger partial charge in [0.05, 0.1) is 12.0 Å². The van der Waals surface area contributed by atoms with E-state index in [4.69, 9.17) is 5.73 Å². The molecule has 1 rings (SSSR count). The van der Waals surface area contributed by atoms with Crippen LogP contribution in [-0.2, 0) is 6.42 Å². The van der Waals surface area contributed by atoms with E-state index in [-0.39, 0.29) is 0 Å². The molecule has 1 aromatic rings. The van der Waals surface area contributed by atoms with E-state index in [2.05, 4.69) is 16.9 Å². The molecule has 0 spiro atoms. The van der Waals surface area contributed by atoms with Crippen LogP contribution in [0, 0.1) is 6.92 Å². The minimum atomic E-state index is 0.625. The molecule has 0 aromatic carbocycles. The summed E-state index contributed by atoms with van der Waals surface area (Å²) in [5, 5.41) is 0. The minimum Gasteiger partial charge on any atom is -0.384 e. The third-order valence-corrected chi connectivity index (χ3v) is 0.988. The van der Waals surface area contributed by atoms with E-state index < -0.39 is 0 Å². The molecular weight excluding hydrogens is 102 g/mol. The van der Waals surface area contributed by atoms with Crippen LogP contribution in [0.5, 0.6) is 0 Å². The first-order chi connectivity index (χ1) is 3.84. The number of imidazole rings is 1. The van der Waals surface area contributed by atoms with E-state index in [1.165, 1.54) is 0 Å². The number of nitrogens with two attached hydrogens (primary N) is 1. The van der Waals surface area contributed by atoms with E-state index >= 15 is 0 Å². The molecule has 1 aromatic heterocycles. The van der Waals surface area contributed by atoms with Gasteiger partial charge in [0.2, 0.25) is 0 Å². The van der Waals surface area contributed by atoms with Gasteiger partial charge in [-0.3, -0.25) is 0 Å². The summed E-state index contributed by atoms with van der Waals surface area (Å²) in [6, 6.07) is 0. The van der Waals surface area contributed by atoms with Gasteiger partial charge in [-0.25, -0.2) is 4.98 Å². The van der Waals surface area contributed by atoms with Gasteiger partial charge in [-0.2, -0.15) is 0 Å². The van der Waals surface area contributed by atoms with Gasteiger partial charge >= 0.3 is 0 Å². The number of nitrogens with one attached hydrogen (secondary N) is 1. The lowest BCUT2D eigenvalue weighted by Crippen LogP contribution is -1.89. The van der Waals surface area contributed by atoms with Crippen LogP contribution in [0.25, 0.3) is 0 Å². The van der Waals surface area contributed by atoms with Gasteiger partial charge in [-0.05, 0) is 13.3 Å². The van der Waals surface area contributed by atoms with Crippen molar-refractivity contribution < 1.29 is 0 Å². The van der Waals surface area contributed by atoms with Gasteiger partial charge < -0.3 is 10.7 Å². The predicted octanol–water partition coefficient (Wildman–Crippen LogP) is 0.368. The zero-order valence-electron chi connectivity index (χ0n) is 4.52. The van der Waals surface area contributed by atoms with Crippen LogP contribution in [0.1, 0.15) is 5.69 Å². The lowest BCUT2D eigenvalue weighted by molar-refractivity contribution is 1.15. The summed E-state index contributed by atoms with van der Waals surface area (Å²) >= 11 is 0. The van der Waals surface area contributed by atoms with Crippen molar-refractivity contribution in [1.29, 1.82) is 0 Å². The Morgan fingerprint density at radius 1 is 1.88 bits per heavy atom. The molecule has 0 atom stereocenters. The quantitative estimate of drug-likeness (QED) is 0.548. The average Bonchev–Trinajstić information content (AvgIpc) is 2.14. The summed E-state index contributed by atoms with van der Waals surface area (Å²) in [5.74, 6) is 0.625. The second-order valence-corrected chi connectivity index (χ2v) is 1.51. The molecule has 43 valence electrons. The molecule has 0 aliphatic heterocycles. The van der Waals surface area contributed by atoms with Crippen LogP contribution >= 0.6 is 0 Å². The van der Waals surface area contributed by atoms with Crippen molar-refractivity contribution in [2.24, 2.45) is 0 Å².